The monoisotopic (exact) mass is 434 g/mol. The molecule has 5 heteroatoms. The largest absolute Gasteiger partial charge is 0.393 e. The van der Waals surface area contributed by atoms with E-state index in [9.17, 15) is 20.4 Å². The van der Waals surface area contributed by atoms with Crippen LogP contribution in [0.1, 0.15) is 73.1 Å². The summed E-state index contributed by atoms with van der Waals surface area (Å²) in [5.74, 6) is 1.24. The van der Waals surface area contributed by atoms with E-state index in [-0.39, 0.29) is 23.5 Å². The fourth-order valence-corrected chi connectivity index (χ4v) is 7.42. The zero-order valence-corrected chi connectivity index (χ0v) is 19.8. The first-order valence-corrected chi connectivity index (χ1v) is 12.2. The van der Waals surface area contributed by atoms with Crippen molar-refractivity contribution < 1.29 is 25.2 Å². The van der Waals surface area contributed by atoms with Gasteiger partial charge in [-0.25, -0.2) is 0 Å². The van der Waals surface area contributed by atoms with Gasteiger partial charge in [-0.2, -0.15) is 0 Å². The first kappa shape index (κ1) is 23.4. The average Bonchev–Trinajstić information content (AvgIpc) is 3.03. The summed E-state index contributed by atoms with van der Waals surface area (Å²) in [6.45, 7) is 10.1. The quantitative estimate of drug-likeness (QED) is 0.533. The molecule has 4 rings (SSSR count). The van der Waals surface area contributed by atoms with E-state index in [4.69, 9.17) is 4.74 Å². The van der Waals surface area contributed by atoms with Gasteiger partial charge in [0.05, 0.1) is 30.5 Å². The van der Waals surface area contributed by atoms with Crippen molar-refractivity contribution in [1.82, 2.24) is 0 Å². The van der Waals surface area contributed by atoms with Gasteiger partial charge in [-0.15, -0.1) is 0 Å². The van der Waals surface area contributed by atoms with Crippen molar-refractivity contribution in [2.75, 3.05) is 6.61 Å². The Labute approximate surface area is 187 Å². The summed E-state index contributed by atoms with van der Waals surface area (Å²) in [6, 6.07) is 0. The zero-order valence-electron chi connectivity index (χ0n) is 19.8. The molecule has 5 nitrogen and oxygen atoms in total. The van der Waals surface area contributed by atoms with Crippen molar-refractivity contribution in [3.05, 3.63) is 23.3 Å². The molecule has 4 N–H and O–H groups in total. The summed E-state index contributed by atoms with van der Waals surface area (Å²) >= 11 is 0. The summed E-state index contributed by atoms with van der Waals surface area (Å²) in [5, 5.41) is 41.4. The van der Waals surface area contributed by atoms with Crippen LogP contribution < -0.4 is 0 Å². The molecule has 0 aromatic rings. The molecule has 0 aromatic carbocycles. The van der Waals surface area contributed by atoms with Gasteiger partial charge in [0, 0.05) is 11.8 Å². The SMILES string of the molecule is C[C@H](OC[C@@H](O)C(C)(C)O)[C@H]1CC[C@H]2C3=CC=C4C[C@@H](O)C[C@H](O)[C@]4(C)[C@H]3CC[C@]12C. The van der Waals surface area contributed by atoms with E-state index in [0.717, 1.165) is 25.7 Å². The van der Waals surface area contributed by atoms with Crippen molar-refractivity contribution in [1.29, 1.82) is 0 Å². The number of rotatable bonds is 5. The number of hydrogen-bond donors (Lipinski definition) is 4. The molecule has 0 aromatic heterocycles. The number of aliphatic hydroxyl groups is 4. The van der Waals surface area contributed by atoms with E-state index < -0.39 is 23.9 Å². The Morgan fingerprint density at radius 3 is 2.52 bits per heavy atom. The van der Waals surface area contributed by atoms with E-state index in [1.54, 1.807) is 13.8 Å². The lowest BCUT2D eigenvalue weighted by molar-refractivity contribution is -0.116. The maximum atomic E-state index is 11.0. The molecule has 0 unspecified atom stereocenters. The van der Waals surface area contributed by atoms with Crippen molar-refractivity contribution in [3.63, 3.8) is 0 Å². The zero-order chi connectivity index (χ0) is 22.8. The van der Waals surface area contributed by atoms with Crippen LogP contribution in [-0.2, 0) is 4.74 Å². The Kier molecular flexibility index (Phi) is 6.01. The van der Waals surface area contributed by atoms with Gasteiger partial charge in [-0.1, -0.05) is 37.1 Å². The molecule has 0 bridgehead atoms. The topological polar surface area (TPSA) is 90.2 Å². The molecule has 9 atom stereocenters. The number of aliphatic hydroxyl groups excluding tert-OH is 3. The minimum atomic E-state index is -1.17. The van der Waals surface area contributed by atoms with Gasteiger partial charge in [0.25, 0.3) is 0 Å². The van der Waals surface area contributed by atoms with Crippen LogP contribution in [0.25, 0.3) is 0 Å². The minimum Gasteiger partial charge on any atom is -0.393 e. The summed E-state index contributed by atoms with van der Waals surface area (Å²) in [6.07, 6.45) is 8.20. The summed E-state index contributed by atoms with van der Waals surface area (Å²) in [7, 11) is 0. The van der Waals surface area contributed by atoms with Crippen molar-refractivity contribution in [2.24, 2.45) is 28.6 Å². The third-order valence-electron chi connectivity index (χ3n) is 9.62. The van der Waals surface area contributed by atoms with Crippen LogP contribution in [0.2, 0.25) is 0 Å². The van der Waals surface area contributed by atoms with Gasteiger partial charge in [0.15, 0.2) is 0 Å². The van der Waals surface area contributed by atoms with Crippen molar-refractivity contribution in [2.45, 2.75) is 103 Å². The molecular weight excluding hydrogens is 392 g/mol. The van der Waals surface area contributed by atoms with Gasteiger partial charge >= 0.3 is 0 Å². The molecular formula is C26H42O5. The van der Waals surface area contributed by atoms with E-state index in [1.165, 1.54) is 11.1 Å². The second-order valence-electron chi connectivity index (χ2n) is 11.8. The van der Waals surface area contributed by atoms with Crippen LogP contribution in [0.4, 0.5) is 0 Å². The highest BCUT2D eigenvalue weighted by Gasteiger charge is 2.59. The lowest BCUT2D eigenvalue weighted by atomic mass is 9.49. The Morgan fingerprint density at radius 2 is 1.84 bits per heavy atom. The van der Waals surface area contributed by atoms with Crippen molar-refractivity contribution >= 4 is 0 Å². The van der Waals surface area contributed by atoms with E-state index in [2.05, 4.69) is 32.9 Å². The maximum absolute atomic E-state index is 11.0. The highest BCUT2D eigenvalue weighted by atomic mass is 16.5. The Morgan fingerprint density at radius 1 is 1.13 bits per heavy atom. The van der Waals surface area contributed by atoms with Crippen LogP contribution in [-0.4, -0.2) is 57.0 Å². The maximum Gasteiger partial charge on any atom is 0.105 e. The second kappa shape index (κ2) is 7.95. The van der Waals surface area contributed by atoms with E-state index in [1.807, 2.05) is 0 Å². The summed E-state index contributed by atoms with van der Waals surface area (Å²) in [5.41, 5.74) is 1.41. The molecule has 176 valence electrons. The fraction of sp³-hybridized carbons (Fsp3) is 0.846. The van der Waals surface area contributed by atoms with Crippen LogP contribution in [0.3, 0.4) is 0 Å². The number of allylic oxidation sites excluding steroid dienone is 3. The minimum absolute atomic E-state index is 0.0184. The Bertz CT molecular complexity index is 751. The summed E-state index contributed by atoms with van der Waals surface area (Å²) < 4.78 is 6.09. The van der Waals surface area contributed by atoms with Crippen LogP contribution in [0.15, 0.2) is 23.3 Å². The molecule has 4 aliphatic rings. The molecule has 3 saturated carbocycles. The second-order valence-corrected chi connectivity index (χ2v) is 11.8. The standard InChI is InChI=1S/C26H42O5/c1-15(31-14-23(29)24(2,3)30)19-8-9-20-18-7-6-16-12-17(27)13-22(28)26(16,5)21(18)10-11-25(19,20)4/h6-7,15,17,19-23,27-30H,8-14H2,1-5H3/t15-,17+,19+,20-,21-,22-,23+,25+,26-/m0/s1. The van der Waals surface area contributed by atoms with Crippen LogP contribution >= 0.6 is 0 Å². The third-order valence-corrected chi connectivity index (χ3v) is 9.62. The van der Waals surface area contributed by atoms with Gasteiger partial charge in [0.2, 0.25) is 0 Å². The molecule has 0 aliphatic heterocycles. The molecule has 0 saturated heterocycles. The molecule has 0 heterocycles. The highest BCUT2D eigenvalue weighted by molar-refractivity contribution is 5.40. The van der Waals surface area contributed by atoms with E-state index >= 15 is 0 Å². The first-order valence-electron chi connectivity index (χ1n) is 12.2. The molecule has 3 fully saturated rings. The lowest BCUT2D eigenvalue weighted by Gasteiger charge is -2.56. The third kappa shape index (κ3) is 3.74. The Hall–Kier alpha value is -0.720. The van der Waals surface area contributed by atoms with Gasteiger partial charge in [0.1, 0.15) is 6.10 Å². The average molecular weight is 435 g/mol. The first-order chi connectivity index (χ1) is 14.4. The molecule has 4 aliphatic carbocycles. The van der Waals surface area contributed by atoms with Gasteiger partial charge < -0.3 is 25.2 Å². The Balaban J connectivity index is 1.53. The predicted molar refractivity (Wildman–Crippen MR) is 120 cm³/mol. The normalized spacial score (nSPS) is 44.5. The molecule has 0 spiro atoms. The molecule has 0 amide bonds. The lowest BCUT2D eigenvalue weighted by Crippen LogP contribution is -2.52. The molecule has 0 radical (unpaired) electrons. The fourth-order valence-electron chi connectivity index (χ4n) is 7.42. The predicted octanol–water partition coefficient (Wildman–Crippen LogP) is 3.35. The highest BCUT2D eigenvalue weighted by Crippen LogP contribution is 2.65. The number of hydrogen-bond acceptors (Lipinski definition) is 5. The molecule has 31 heavy (non-hydrogen) atoms. The smallest absolute Gasteiger partial charge is 0.105 e. The van der Waals surface area contributed by atoms with E-state index in [0.29, 0.717) is 30.6 Å². The number of ether oxygens (including phenoxy) is 1. The summed E-state index contributed by atoms with van der Waals surface area (Å²) in [4.78, 5) is 0. The van der Waals surface area contributed by atoms with Crippen LogP contribution in [0.5, 0.6) is 0 Å². The van der Waals surface area contributed by atoms with Gasteiger partial charge in [-0.3, -0.25) is 0 Å². The van der Waals surface area contributed by atoms with Crippen LogP contribution in [0, 0.1) is 28.6 Å². The van der Waals surface area contributed by atoms with Gasteiger partial charge in [-0.05, 0) is 76.0 Å². The van der Waals surface area contributed by atoms with Crippen molar-refractivity contribution in [3.8, 4) is 0 Å². The number of fused-ring (bicyclic) bond motifs is 5.